The van der Waals surface area contributed by atoms with Gasteiger partial charge < -0.3 is 10.2 Å². The molecule has 0 saturated heterocycles. The fraction of sp³-hybridized carbons (Fsp3) is 0.353. The number of anilines is 1. The quantitative estimate of drug-likeness (QED) is 0.881. The van der Waals surface area contributed by atoms with E-state index < -0.39 is 0 Å². The largest absolute Gasteiger partial charge is 0.364 e. The smallest absolute Gasteiger partial charge is 0.146 e. The van der Waals surface area contributed by atoms with Crippen molar-refractivity contribution in [3.05, 3.63) is 59.7 Å². The second-order valence-electron chi connectivity index (χ2n) is 5.06. The maximum atomic E-state index is 14.4. The summed E-state index contributed by atoms with van der Waals surface area (Å²) in [5, 5.41) is 3.12. The number of nitrogens with zero attached hydrogens (tertiary/aromatic N) is 2. The van der Waals surface area contributed by atoms with Crippen LogP contribution < -0.4 is 10.2 Å². The van der Waals surface area contributed by atoms with Gasteiger partial charge in [-0.05, 0) is 50.7 Å². The SMILES string of the molecule is CCN(Cc1ccccn1)c1ccc(C(C)NC)cc1F. The van der Waals surface area contributed by atoms with Gasteiger partial charge >= 0.3 is 0 Å². The lowest BCUT2D eigenvalue weighted by atomic mass is 10.1. The predicted molar refractivity (Wildman–Crippen MR) is 84.8 cm³/mol. The second-order valence-corrected chi connectivity index (χ2v) is 5.06. The van der Waals surface area contributed by atoms with E-state index in [1.807, 2.05) is 56.1 Å². The summed E-state index contributed by atoms with van der Waals surface area (Å²) in [4.78, 5) is 6.30. The van der Waals surface area contributed by atoms with Crippen LogP contribution in [0.25, 0.3) is 0 Å². The third-order valence-corrected chi connectivity index (χ3v) is 3.71. The van der Waals surface area contributed by atoms with Crippen LogP contribution in [0, 0.1) is 5.82 Å². The van der Waals surface area contributed by atoms with E-state index in [2.05, 4.69) is 10.3 Å². The zero-order chi connectivity index (χ0) is 15.2. The Morgan fingerprint density at radius 1 is 1.29 bits per heavy atom. The molecule has 4 heteroatoms. The lowest BCUT2D eigenvalue weighted by Gasteiger charge is -2.24. The fourth-order valence-corrected chi connectivity index (χ4v) is 2.27. The summed E-state index contributed by atoms with van der Waals surface area (Å²) in [5.74, 6) is -0.188. The molecule has 2 rings (SSSR count). The van der Waals surface area contributed by atoms with Gasteiger partial charge in [0.25, 0.3) is 0 Å². The average Bonchev–Trinajstić information content (AvgIpc) is 2.53. The topological polar surface area (TPSA) is 28.2 Å². The third kappa shape index (κ3) is 3.79. The van der Waals surface area contributed by atoms with Crippen LogP contribution in [0.2, 0.25) is 0 Å². The molecule has 0 amide bonds. The Morgan fingerprint density at radius 2 is 2.10 bits per heavy atom. The van der Waals surface area contributed by atoms with Crippen molar-refractivity contribution in [3.63, 3.8) is 0 Å². The van der Waals surface area contributed by atoms with Crippen LogP contribution in [0.15, 0.2) is 42.6 Å². The highest BCUT2D eigenvalue weighted by Crippen LogP contribution is 2.24. The molecule has 0 saturated carbocycles. The highest BCUT2D eigenvalue weighted by atomic mass is 19.1. The number of rotatable bonds is 6. The molecule has 3 nitrogen and oxygen atoms in total. The van der Waals surface area contributed by atoms with Crippen molar-refractivity contribution < 1.29 is 4.39 Å². The second kappa shape index (κ2) is 7.18. The van der Waals surface area contributed by atoms with Gasteiger partial charge in [-0.2, -0.15) is 0 Å². The standard InChI is InChI=1S/C17H22FN3/c1-4-21(12-15-7-5-6-10-20-15)17-9-8-14(11-16(17)18)13(2)19-3/h5-11,13,19H,4,12H2,1-3H3. The average molecular weight is 287 g/mol. The molecule has 0 radical (unpaired) electrons. The third-order valence-electron chi connectivity index (χ3n) is 3.71. The van der Waals surface area contributed by atoms with E-state index in [1.54, 1.807) is 12.3 Å². The molecule has 21 heavy (non-hydrogen) atoms. The molecule has 0 aliphatic carbocycles. The Balaban J connectivity index is 2.22. The molecular formula is C17H22FN3. The Hall–Kier alpha value is -1.94. The minimum absolute atomic E-state index is 0.138. The van der Waals surface area contributed by atoms with E-state index in [1.165, 1.54) is 0 Å². The zero-order valence-electron chi connectivity index (χ0n) is 12.8. The molecule has 0 spiro atoms. The first-order valence-electron chi connectivity index (χ1n) is 7.27. The zero-order valence-corrected chi connectivity index (χ0v) is 12.8. The molecule has 1 aromatic carbocycles. The first-order valence-corrected chi connectivity index (χ1v) is 7.27. The number of halogens is 1. The van der Waals surface area contributed by atoms with E-state index >= 15 is 0 Å². The molecule has 1 heterocycles. The van der Waals surface area contributed by atoms with Crippen LogP contribution in [-0.4, -0.2) is 18.6 Å². The summed E-state index contributed by atoms with van der Waals surface area (Å²) in [6.45, 7) is 5.37. The Labute approximate surface area is 125 Å². The molecule has 0 fully saturated rings. The van der Waals surface area contributed by atoms with Crippen molar-refractivity contribution in [1.29, 1.82) is 0 Å². The van der Waals surface area contributed by atoms with E-state index in [9.17, 15) is 4.39 Å². The van der Waals surface area contributed by atoms with E-state index in [0.717, 1.165) is 17.8 Å². The molecule has 0 aliphatic heterocycles. The molecule has 2 aromatic rings. The van der Waals surface area contributed by atoms with Crippen LogP contribution in [0.4, 0.5) is 10.1 Å². The first-order chi connectivity index (χ1) is 10.2. The van der Waals surface area contributed by atoms with Gasteiger partial charge in [0.05, 0.1) is 17.9 Å². The van der Waals surface area contributed by atoms with Crippen LogP contribution in [0.1, 0.15) is 31.1 Å². The summed E-state index contributed by atoms with van der Waals surface area (Å²) in [6.07, 6.45) is 1.76. The molecule has 1 aromatic heterocycles. The minimum atomic E-state index is -0.188. The number of benzene rings is 1. The molecule has 0 bridgehead atoms. The van der Waals surface area contributed by atoms with E-state index in [-0.39, 0.29) is 11.9 Å². The molecule has 1 atom stereocenters. The maximum Gasteiger partial charge on any atom is 0.146 e. The Bertz CT molecular complexity index is 572. The summed E-state index contributed by atoms with van der Waals surface area (Å²) in [7, 11) is 1.87. The van der Waals surface area contributed by atoms with Gasteiger partial charge in [-0.1, -0.05) is 12.1 Å². The highest BCUT2D eigenvalue weighted by Gasteiger charge is 2.13. The number of hydrogen-bond donors (Lipinski definition) is 1. The van der Waals surface area contributed by atoms with E-state index in [0.29, 0.717) is 12.2 Å². The van der Waals surface area contributed by atoms with Crippen LogP contribution in [0.3, 0.4) is 0 Å². The lowest BCUT2D eigenvalue weighted by Crippen LogP contribution is -2.24. The molecule has 112 valence electrons. The van der Waals surface area contributed by atoms with Gasteiger partial charge in [0.15, 0.2) is 0 Å². The van der Waals surface area contributed by atoms with E-state index in [4.69, 9.17) is 0 Å². The monoisotopic (exact) mass is 287 g/mol. The van der Waals surface area contributed by atoms with Crippen molar-refractivity contribution >= 4 is 5.69 Å². The van der Waals surface area contributed by atoms with Gasteiger partial charge in [-0.3, -0.25) is 4.98 Å². The Morgan fingerprint density at radius 3 is 2.67 bits per heavy atom. The van der Waals surface area contributed by atoms with Crippen molar-refractivity contribution in [3.8, 4) is 0 Å². The maximum absolute atomic E-state index is 14.4. The first kappa shape index (κ1) is 15.4. The van der Waals surface area contributed by atoms with Gasteiger partial charge in [-0.15, -0.1) is 0 Å². The number of hydrogen-bond acceptors (Lipinski definition) is 3. The molecule has 1 N–H and O–H groups in total. The summed E-state index contributed by atoms with van der Waals surface area (Å²) in [6, 6.07) is 11.4. The number of pyridine rings is 1. The Kier molecular flexibility index (Phi) is 5.28. The van der Waals surface area contributed by atoms with Crippen LogP contribution >= 0.6 is 0 Å². The highest BCUT2D eigenvalue weighted by molar-refractivity contribution is 5.49. The normalized spacial score (nSPS) is 12.2. The van der Waals surface area contributed by atoms with Gasteiger partial charge in [0.1, 0.15) is 5.82 Å². The number of aromatic nitrogens is 1. The lowest BCUT2D eigenvalue weighted by molar-refractivity contribution is 0.601. The minimum Gasteiger partial charge on any atom is -0.364 e. The van der Waals surface area contributed by atoms with Crippen molar-refractivity contribution in [2.45, 2.75) is 26.4 Å². The van der Waals surface area contributed by atoms with Crippen molar-refractivity contribution in [2.24, 2.45) is 0 Å². The van der Waals surface area contributed by atoms with Crippen molar-refractivity contribution in [2.75, 3.05) is 18.5 Å². The summed E-state index contributed by atoms with van der Waals surface area (Å²) < 4.78 is 14.4. The molecule has 0 aliphatic rings. The molecular weight excluding hydrogens is 265 g/mol. The molecule has 1 unspecified atom stereocenters. The van der Waals surface area contributed by atoms with Gasteiger partial charge in [0.2, 0.25) is 0 Å². The van der Waals surface area contributed by atoms with Crippen molar-refractivity contribution in [1.82, 2.24) is 10.3 Å². The summed E-state index contributed by atoms with van der Waals surface area (Å²) >= 11 is 0. The summed E-state index contributed by atoms with van der Waals surface area (Å²) in [5.41, 5.74) is 2.51. The van der Waals surface area contributed by atoms with Gasteiger partial charge in [0, 0.05) is 18.8 Å². The van der Waals surface area contributed by atoms with Crippen LogP contribution in [-0.2, 0) is 6.54 Å². The van der Waals surface area contributed by atoms with Crippen LogP contribution in [0.5, 0.6) is 0 Å². The predicted octanol–water partition coefficient (Wildman–Crippen LogP) is 3.53. The fourth-order valence-electron chi connectivity index (χ4n) is 2.27. The number of nitrogens with one attached hydrogen (secondary N) is 1. The van der Waals surface area contributed by atoms with Gasteiger partial charge in [-0.25, -0.2) is 4.39 Å².